The van der Waals surface area contributed by atoms with E-state index in [4.69, 9.17) is 0 Å². The molecule has 11 heteroatoms. The molecule has 0 aliphatic carbocycles. The number of carbonyl (C=O) groups excluding carboxylic acids is 2. The molecule has 20 heavy (non-hydrogen) atoms. The van der Waals surface area contributed by atoms with Crippen LogP contribution in [0.4, 0.5) is 0 Å². The van der Waals surface area contributed by atoms with Crippen molar-refractivity contribution < 1.29 is 91.9 Å². The summed E-state index contributed by atoms with van der Waals surface area (Å²) >= 11 is 0. The molecular weight excluding hydrogens is 312 g/mol. The van der Waals surface area contributed by atoms with Gasteiger partial charge in [0.1, 0.15) is 16.4 Å². The predicted octanol–water partition coefficient (Wildman–Crippen LogP) is -8.40. The maximum Gasteiger partial charge on any atom is 1.00 e. The Bertz CT molecular complexity index is 577. The molecular formula is C9H7NNa2O7S. The number of hydrogen-bond acceptors (Lipinski definition) is 8. The first-order valence-electron chi connectivity index (χ1n) is 4.52. The van der Waals surface area contributed by atoms with Gasteiger partial charge in [0.2, 0.25) is 0 Å². The molecule has 98 valence electrons. The molecule has 1 N–H and O–H groups in total. The Morgan fingerprint density at radius 1 is 1.40 bits per heavy atom. The molecule has 0 radical (unpaired) electrons. The molecule has 0 saturated carbocycles. The van der Waals surface area contributed by atoms with Crippen molar-refractivity contribution in [3.8, 4) is 0 Å². The minimum atomic E-state index is -5.12. The number of carboxylic acid groups (broad SMARTS) is 1. The van der Waals surface area contributed by atoms with Crippen LogP contribution >= 0.6 is 0 Å². The van der Waals surface area contributed by atoms with E-state index in [0.717, 1.165) is 18.3 Å². The SMILES string of the molecule is O=CC(c1cc(C(=O)[O-])ccn1)C(O)S(=O)(=O)[O-].[Na+].[Na+]. The number of aldehydes is 1. The van der Waals surface area contributed by atoms with Crippen LogP contribution in [-0.4, -0.2) is 40.8 Å². The molecule has 0 bridgehead atoms. The molecule has 8 nitrogen and oxygen atoms in total. The number of hydrogen-bond donors (Lipinski definition) is 1. The third kappa shape index (κ3) is 5.88. The van der Waals surface area contributed by atoms with Crippen LogP contribution < -0.4 is 64.2 Å². The third-order valence-corrected chi connectivity index (χ3v) is 2.99. The molecule has 0 saturated heterocycles. The summed E-state index contributed by atoms with van der Waals surface area (Å²) in [4.78, 5) is 24.8. The number of nitrogens with zero attached hydrogens (tertiary/aromatic N) is 1. The molecule has 1 aromatic rings. The van der Waals surface area contributed by atoms with E-state index in [1.165, 1.54) is 0 Å². The van der Waals surface area contributed by atoms with E-state index in [1.54, 1.807) is 0 Å². The zero-order valence-corrected chi connectivity index (χ0v) is 15.5. The van der Waals surface area contributed by atoms with Crippen LogP contribution in [0.2, 0.25) is 0 Å². The van der Waals surface area contributed by atoms with E-state index in [9.17, 15) is 32.8 Å². The Kier molecular flexibility index (Phi) is 10.4. The minimum Gasteiger partial charge on any atom is -0.746 e. The number of aliphatic hydroxyl groups is 1. The van der Waals surface area contributed by atoms with Crippen LogP contribution in [0.15, 0.2) is 18.3 Å². The van der Waals surface area contributed by atoms with Crippen molar-refractivity contribution in [1.29, 1.82) is 0 Å². The summed E-state index contributed by atoms with van der Waals surface area (Å²) < 4.78 is 31.8. The number of carbonyl (C=O) groups is 2. The first-order chi connectivity index (χ1) is 8.27. The van der Waals surface area contributed by atoms with Gasteiger partial charge in [-0.05, 0) is 12.1 Å². The normalized spacial score (nSPS) is 13.3. The van der Waals surface area contributed by atoms with Gasteiger partial charge in [-0.1, -0.05) is 0 Å². The summed E-state index contributed by atoms with van der Waals surface area (Å²) in [5, 5.41) is 19.8. The summed E-state index contributed by atoms with van der Waals surface area (Å²) in [6.45, 7) is 0. The Morgan fingerprint density at radius 3 is 2.35 bits per heavy atom. The van der Waals surface area contributed by atoms with Gasteiger partial charge in [0.05, 0.1) is 17.6 Å². The van der Waals surface area contributed by atoms with Crippen molar-refractivity contribution in [2.45, 2.75) is 11.4 Å². The number of rotatable bonds is 5. The monoisotopic (exact) mass is 319 g/mol. The zero-order valence-electron chi connectivity index (χ0n) is 10.7. The van der Waals surface area contributed by atoms with Gasteiger partial charge in [0.15, 0.2) is 5.44 Å². The molecule has 0 aromatic carbocycles. The van der Waals surface area contributed by atoms with Crippen molar-refractivity contribution in [2.24, 2.45) is 0 Å². The van der Waals surface area contributed by atoms with Crippen molar-refractivity contribution in [1.82, 2.24) is 4.98 Å². The van der Waals surface area contributed by atoms with E-state index >= 15 is 0 Å². The topological polar surface area (TPSA) is 148 Å². The van der Waals surface area contributed by atoms with Crippen molar-refractivity contribution in [3.05, 3.63) is 29.6 Å². The number of aliphatic hydroxyl groups excluding tert-OH is 1. The maximum absolute atomic E-state index is 10.7. The first-order valence-corrected chi connectivity index (χ1v) is 6.00. The molecule has 0 amide bonds. The second-order valence-corrected chi connectivity index (χ2v) is 4.77. The van der Waals surface area contributed by atoms with Gasteiger partial charge in [-0.3, -0.25) is 4.98 Å². The fourth-order valence-electron chi connectivity index (χ4n) is 1.22. The van der Waals surface area contributed by atoms with Crippen LogP contribution in [0.1, 0.15) is 22.0 Å². The number of pyridine rings is 1. The molecule has 2 atom stereocenters. The molecule has 1 aromatic heterocycles. The van der Waals surface area contributed by atoms with Crippen LogP contribution in [-0.2, 0) is 14.9 Å². The van der Waals surface area contributed by atoms with Crippen LogP contribution in [0.5, 0.6) is 0 Å². The first kappa shape index (κ1) is 22.4. The van der Waals surface area contributed by atoms with E-state index in [1.807, 2.05) is 0 Å². The molecule has 0 aliphatic heterocycles. The number of aromatic nitrogens is 1. The Balaban J connectivity index is 0. The maximum atomic E-state index is 10.7. The van der Waals surface area contributed by atoms with Crippen LogP contribution in [0.25, 0.3) is 0 Å². The standard InChI is InChI=1S/C9H9NO7S.2Na/c11-4-6(9(14)18(15,16)17)7-3-5(8(12)13)1-2-10-7;;/h1-4,6,9,14H,(H,12,13)(H,15,16,17);;/q;2*+1/p-2. The minimum absolute atomic E-state index is 0. The average Bonchev–Trinajstić information content (AvgIpc) is 2.29. The molecule has 1 heterocycles. The second kappa shape index (κ2) is 9.23. The van der Waals surface area contributed by atoms with E-state index in [2.05, 4.69) is 4.98 Å². The fourth-order valence-corrected chi connectivity index (χ4v) is 1.78. The summed E-state index contributed by atoms with van der Waals surface area (Å²) in [5.41, 5.74) is -3.24. The van der Waals surface area contributed by atoms with Crippen LogP contribution in [0, 0.1) is 0 Å². The largest absolute Gasteiger partial charge is 1.00 e. The second-order valence-electron chi connectivity index (χ2n) is 3.30. The van der Waals surface area contributed by atoms with Gasteiger partial charge < -0.3 is 24.4 Å². The van der Waals surface area contributed by atoms with Crippen molar-refractivity contribution >= 4 is 22.4 Å². The Morgan fingerprint density at radius 2 is 1.95 bits per heavy atom. The smallest absolute Gasteiger partial charge is 0.746 e. The van der Waals surface area contributed by atoms with Gasteiger partial charge in [0, 0.05) is 11.8 Å². The molecule has 2 unspecified atom stereocenters. The van der Waals surface area contributed by atoms with Crippen LogP contribution in [0.3, 0.4) is 0 Å². The van der Waals surface area contributed by atoms with Crippen molar-refractivity contribution in [3.63, 3.8) is 0 Å². The number of carboxylic acids is 1. The quantitative estimate of drug-likeness (QED) is 0.319. The third-order valence-electron chi connectivity index (χ3n) is 2.11. The summed E-state index contributed by atoms with van der Waals surface area (Å²) in [6.07, 6.45) is 0.989. The van der Waals surface area contributed by atoms with Gasteiger partial charge in [-0.15, -0.1) is 0 Å². The van der Waals surface area contributed by atoms with Crippen molar-refractivity contribution in [2.75, 3.05) is 0 Å². The zero-order chi connectivity index (χ0) is 13.9. The molecule has 0 fully saturated rings. The molecule has 0 spiro atoms. The Hall–Kier alpha value is 0.160. The Labute approximate surface area is 158 Å². The summed E-state index contributed by atoms with van der Waals surface area (Å²) in [6, 6.07) is 1.90. The van der Waals surface area contributed by atoms with E-state index in [-0.39, 0.29) is 76.7 Å². The van der Waals surface area contributed by atoms with E-state index < -0.39 is 27.4 Å². The fraction of sp³-hybridized carbons (Fsp3) is 0.222. The van der Waals surface area contributed by atoms with Gasteiger partial charge >= 0.3 is 59.1 Å². The average molecular weight is 319 g/mol. The molecule has 1 rings (SSSR count). The van der Waals surface area contributed by atoms with E-state index in [0.29, 0.717) is 0 Å². The molecule has 0 aliphatic rings. The van der Waals surface area contributed by atoms with Gasteiger partial charge in [-0.25, -0.2) is 8.42 Å². The summed E-state index contributed by atoms with van der Waals surface area (Å²) in [5.74, 6) is -3.32. The number of aromatic carboxylic acids is 1. The van der Waals surface area contributed by atoms with Gasteiger partial charge in [0.25, 0.3) is 0 Å². The summed E-state index contributed by atoms with van der Waals surface area (Å²) in [7, 11) is -5.12. The predicted molar refractivity (Wildman–Crippen MR) is 53.1 cm³/mol. The van der Waals surface area contributed by atoms with Gasteiger partial charge in [-0.2, -0.15) is 0 Å².